The summed E-state index contributed by atoms with van der Waals surface area (Å²) in [6, 6.07) is 12.9. The molecular formula is C20H19F3N2O4. The Hall–Kier alpha value is -3.07. The number of amides is 1. The van der Waals surface area contributed by atoms with Crippen molar-refractivity contribution in [3.05, 3.63) is 59.7 Å². The molecule has 0 bridgehead atoms. The summed E-state index contributed by atoms with van der Waals surface area (Å²) in [5.74, 6) is 0.220. The third-order valence-corrected chi connectivity index (χ3v) is 4.28. The Labute approximate surface area is 165 Å². The van der Waals surface area contributed by atoms with Crippen molar-refractivity contribution in [3.8, 4) is 11.5 Å². The Morgan fingerprint density at radius 2 is 1.83 bits per heavy atom. The van der Waals surface area contributed by atoms with Crippen LogP contribution in [0.25, 0.3) is 0 Å². The van der Waals surface area contributed by atoms with Crippen molar-refractivity contribution in [1.29, 1.82) is 0 Å². The summed E-state index contributed by atoms with van der Waals surface area (Å²) < 4.78 is 50.5. The predicted octanol–water partition coefficient (Wildman–Crippen LogP) is 3.75. The molecule has 0 fully saturated rings. The van der Waals surface area contributed by atoms with E-state index >= 15 is 0 Å². The molecule has 1 heterocycles. The maximum atomic E-state index is 13.2. The molecule has 0 aromatic heterocycles. The van der Waals surface area contributed by atoms with Crippen LogP contribution < -0.4 is 9.47 Å². The highest BCUT2D eigenvalue weighted by Crippen LogP contribution is 2.39. The molecule has 0 saturated carbocycles. The topological polar surface area (TPSA) is 71.4 Å². The van der Waals surface area contributed by atoms with E-state index in [1.54, 1.807) is 30.3 Å². The summed E-state index contributed by atoms with van der Waals surface area (Å²) in [6.45, 7) is 2.52. The lowest BCUT2D eigenvalue weighted by molar-refractivity contribution is -0.297. The van der Waals surface area contributed by atoms with Crippen LogP contribution in [0, 0.1) is 0 Å². The average Bonchev–Trinajstić information content (AvgIpc) is 3.10. The molecule has 0 saturated heterocycles. The van der Waals surface area contributed by atoms with Crippen LogP contribution in [0.5, 0.6) is 11.5 Å². The fourth-order valence-electron chi connectivity index (χ4n) is 2.77. The molecule has 6 nitrogen and oxygen atoms in total. The van der Waals surface area contributed by atoms with E-state index in [4.69, 9.17) is 9.47 Å². The van der Waals surface area contributed by atoms with Crippen LogP contribution in [0.4, 0.5) is 13.2 Å². The monoisotopic (exact) mass is 408 g/mol. The lowest BCUT2D eigenvalue weighted by Crippen LogP contribution is -2.56. The van der Waals surface area contributed by atoms with E-state index in [0.717, 1.165) is 6.21 Å². The van der Waals surface area contributed by atoms with Crippen molar-refractivity contribution < 1.29 is 32.5 Å². The first kappa shape index (κ1) is 20.7. The summed E-state index contributed by atoms with van der Waals surface area (Å²) in [5.41, 5.74) is -2.82. The molecular weight excluding hydrogens is 389 g/mol. The lowest BCUT2D eigenvalue weighted by Gasteiger charge is -2.32. The predicted molar refractivity (Wildman–Crippen MR) is 98.7 cm³/mol. The fourth-order valence-corrected chi connectivity index (χ4v) is 2.77. The molecule has 0 spiro atoms. The van der Waals surface area contributed by atoms with Gasteiger partial charge in [-0.25, -0.2) is 0 Å². The Morgan fingerprint density at radius 1 is 1.17 bits per heavy atom. The minimum Gasteiger partial charge on any atom is -0.494 e. The number of rotatable bonds is 6. The Morgan fingerprint density at radius 3 is 2.45 bits per heavy atom. The quantitative estimate of drug-likeness (QED) is 0.790. The minimum atomic E-state index is -5.03. The van der Waals surface area contributed by atoms with Crippen LogP contribution in [-0.4, -0.2) is 40.7 Å². The molecule has 2 aromatic rings. The number of carbonyl (C=O) groups excluding carboxylic acids is 1. The van der Waals surface area contributed by atoms with Crippen molar-refractivity contribution in [1.82, 2.24) is 5.01 Å². The van der Waals surface area contributed by atoms with Crippen LogP contribution in [0.15, 0.2) is 53.6 Å². The number of hydrogen-bond acceptors (Lipinski definition) is 5. The van der Waals surface area contributed by atoms with Crippen molar-refractivity contribution >= 4 is 12.1 Å². The molecule has 1 aliphatic heterocycles. The SMILES string of the molecule is CCOc1ccc(OCc2cccc(C(=O)N3N=CCC3(O)C(F)(F)F)c2)cc1. The zero-order valence-electron chi connectivity index (χ0n) is 15.5. The van der Waals surface area contributed by atoms with Crippen LogP contribution in [0.1, 0.15) is 29.3 Å². The van der Waals surface area contributed by atoms with Gasteiger partial charge in [0, 0.05) is 18.2 Å². The first-order chi connectivity index (χ1) is 13.7. The number of hydrazone groups is 1. The normalized spacial score (nSPS) is 18.7. The standard InChI is InChI=1S/C20H19F3N2O4/c1-2-28-16-6-8-17(9-7-16)29-13-14-4-3-5-15(12-14)18(26)25-19(27,10-11-24-25)20(21,22)23/h3-9,11-12,27H,2,10,13H2,1H3. The van der Waals surface area contributed by atoms with E-state index in [1.807, 2.05) is 6.92 Å². The Bertz CT molecular complexity index is 899. The van der Waals surface area contributed by atoms with E-state index in [-0.39, 0.29) is 17.2 Å². The van der Waals surface area contributed by atoms with Gasteiger partial charge in [-0.15, -0.1) is 0 Å². The molecule has 1 atom stereocenters. The summed E-state index contributed by atoms with van der Waals surface area (Å²) >= 11 is 0. The maximum Gasteiger partial charge on any atom is 0.438 e. The second kappa shape index (κ2) is 8.12. The van der Waals surface area contributed by atoms with Crippen molar-refractivity contribution in [2.75, 3.05) is 6.61 Å². The fraction of sp³-hybridized carbons (Fsp3) is 0.300. The van der Waals surface area contributed by atoms with Crippen LogP contribution in [0.2, 0.25) is 0 Å². The summed E-state index contributed by atoms with van der Waals surface area (Å²) in [4.78, 5) is 12.5. The highest BCUT2D eigenvalue weighted by molar-refractivity contribution is 5.96. The summed E-state index contributed by atoms with van der Waals surface area (Å²) in [6.07, 6.45) is -4.99. The first-order valence-electron chi connectivity index (χ1n) is 8.85. The van der Waals surface area contributed by atoms with E-state index in [1.165, 1.54) is 18.2 Å². The van der Waals surface area contributed by atoms with Gasteiger partial charge in [-0.3, -0.25) is 4.79 Å². The van der Waals surface area contributed by atoms with E-state index in [9.17, 15) is 23.1 Å². The molecule has 0 radical (unpaired) electrons. The van der Waals surface area contributed by atoms with Gasteiger partial charge in [0.25, 0.3) is 11.6 Å². The number of benzene rings is 2. The molecule has 29 heavy (non-hydrogen) atoms. The number of aliphatic hydroxyl groups is 1. The molecule has 1 aliphatic rings. The van der Waals surface area contributed by atoms with E-state index in [0.29, 0.717) is 23.7 Å². The van der Waals surface area contributed by atoms with Gasteiger partial charge in [0.15, 0.2) is 0 Å². The van der Waals surface area contributed by atoms with Crippen LogP contribution >= 0.6 is 0 Å². The van der Waals surface area contributed by atoms with Crippen molar-refractivity contribution in [3.63, 3.8) is 0 Å². The minimum absolute atomic E-state index is 0.0421. The average molecular weight is 408 g/mol. The second-order valence-corrected chi connectivity index (χ2v) is 6.33. The van der Waals surface area contributed by atoms with Gasteiger partial charge < -0.3 is 14.6 Å². The molecule has 1 unspecified atom stereocenters. The lowest BCUT2D eigenvalue weighted by atomic mass is 10.1. The molecule has 0 aliphatic carbocycles. The van der Waals surface area contributed by atoms with E-state index in [2.05, 4.69) is 5.10 Å². The Kier molecular flexibility index (Phi) is 5.78. The molecule has 2 aromatic carbocycles. The number of alkyl halides is 3. The molecule has 154 valence electrons. The number of ether oxygens (including phenoxy) is 2. The number of hydrogen-bond donors (Lipinski definition) is 1. The molecule has 9 heteroatoms. The largest absolute Gasteiger partial charge is 0.494 e. The van der Waals surface area contributed by atoms with Gasteiger partial charge >= 0.3 is 6.18 Å². The van der Waals surface area contributed by atoms with Gasteiger partial charge in [0.1, 0.15) is 18.1 Å². The Balaban J connectivity index is 1.70. The third kappa shape index (κ3) is 4.34. The number of nitrogens with zero attached hydrogens (tertiary/aromatic N) is 2. The molecule has 3 rings (SSSR count). The van der Waals surface area contributed by atoms with Gasteiger partial charge in [-0.1, -0.05) is 12.1 Å². The smallest absolute Gasteiger partial charge is 0.438 e. The molecule has 1 N–H and O–H groups in total. The van der Waals surface area contributed by atoms with Gasteiger partial charge in [0.05, 0.1) is 6.61 Å². The van der Waals surface area contributed by atoms with Gasteiger partial charge in [0.2, 0.25) is 0 Å². The van der Waals surface area contributed by atoms with Crippen LogP contribution in [-0.2, 0) is 6.61 Å². The second-order valence-electron chi connectivity index (χ2n) is 6.33. The van der Waals surface area contributed by atoms with Crippen molar-refractivity contribution in [2.24, 2.45) is 5.10 Å². The zero-order chi connectivity index (χ0) is 21.1. The number of halogens is 3. The summed E-state index contributed by atoms with van der Waals surface area (Å²) in [5, 5.41) is 13.4. The van der Waals surface area contributed by atoms with Gasteiger partial charge in [-0.2, -0.15) is 23.3 Å². The van der Waals surface area contributed by atoms with Crippen molar-refractivity contribution in [2.45, 2.75) is 31.9 Å². The number of carbonyl (C=O) groups is 1. The maximum absolute atomic E-state index is 13.2. The van der Waals surface area contributed by atoms with Crippen LogP contribution in [0.3, 0.4) is 0 Å². The van der Waals surface area contributed by atoms with E-state index < -0.39 is 24.2 Å². The molecule has 1 amide bonds. The van der Waals surface area contributed by atoms with Gasteiger partial charge in [-0.05, 0) is 48.9 Å². The summed E-state index contributed by atoms with van der Waals surface area (Å²) in [7, 11) is 0. The highest BCUT2D eigenvalue weighted by atomic mass is 19.4. The zero-order valence-corrected chi connectivity index (χ0v) is 15.5. The first-order valence-corrected chi connectivity index (χ1v) is 8.85. The highest BCUT2D eigenvalue weighted by Gasteiger charge is 2.61. The third-order valence-electron chi connectivity index (χ3n) is 4.28.